The summed E-state index contributed by atoms with van der Waals surface area (Å²) < 4.78 is 37.0. The molecule has 6 amide bonds. The number of aliphatic imine (C=N–C) groups is 2. The molecule has 24 nitrogen and oxygen atoms in total. The van der Waals surface area contributed by atoms with E-state index < -0.39 is 83.6 Å². The first-order chi connectivity index (χ1) is 30.9. The molecule has 1 aliphatic heterocycles. The van der Waals surface area contributed by atoms with Crippen LogP contribution in [-0.4, -0.2) is 126 Å². The fraction of sp³-hybridized carbons (Fsp3) is 0.538. The number of nitrogens with two attached hydrogens (primary N) is 5. The van der Waals surface area contributed by atoms with Gasteiger partial charge in [-0.15, -0.1) is 0 Å². The van der Waals surface area contributed by atoms with Gasteiger partial charge in [-0.05, 0) is 89.5 Å². The van der Waals surface area contributed by atoms with Gasteiger partial charge in [-0.25, -0.2) is 9.59 Å². The van der Waals surface area contributed by atoms with Crippen molar-refractivity contribution in [1.82, 2.24) is 26.6 Å². The smallest absolute Gasteiger partial charge is 0.475 e. The summed E-state index contributed by atoms with van der Waals surface area (Å²) in [4.78, 5) is 108. The van der Waals surface area contributed by atoms with Crippen molar-refractivity contribution in [2.24, 2.45) is 38.7 Å². The van der Waals surface area contributed by atoms with Crippen molar-refractivity contribution in [2.75, 3.05) is 25.0 Å². The molecule has 66 heavy (non-hydrogen) atoms. The lowest BCUT2D eigenvalue weighted by Crippen LogP contribution is -2.61. The molecular weight excluding hydrogens is 884 g/mol. The van der Waals surface area contributed by atoms with E-state index in [0.29, 0.717) is 23.8 Å². The number of carbonyl (C=O) groups excluding carboxylic acids is 6. The lowest BCUT2D eigenvalue weighted by molar-refractivity contribution is -0.192. The molecule has 0 bridgehead atoms. The van der Waals surface area contributed by atoms with Crippen molar-refractivity contribution in [1.29, 1.82) is 0 Å². The number of unbranched alkanes of at least 4 members (excludes halogenated alkanes) is 1. The number of fused-ring (bicyclic) bond motifs is 1. The number of rotatable bonds is 23. The first-order valence-corrected chi connectivity index (χ1v) is 20.6. The molecule has 2 aromatic rings. The number of carbonyl (C=O) groups is 7. The normalized spacial score (nSPS) is 15.5. The van der Waals surface area contributed by atoms with Gasteiger partial charge in [-0.2, -0.15) is 13.2 Å². The number of hydrogen-bond acceptors (Lipinski definition) is 13. The number of alkyl halides is 3. The van der Waals surface area contributed by atoms with E-state index in [9.17, 15) is 51.8 Å². The number of nitrogens with one attached hydrogen (secondary N) is 6. The Morgan fingerprint density at radius 3 is 1.86 bits per heavy atom. The van der Waals surface area contributed by atoms with E-state index >= 15 is 0 Å². The maximum Gasteiger partial charge on any atom is 0.490 e. The van der Waals surface area contributed by atoms with E-state index in [2.05, 4.69) is 41.9 Å². The first-order valence-electron chi connectivity index (χ1n) is 20.6. The maximum absolute atomic E-state index is 13.9. The minimum Gasteiger partial charge on any atom is -0.475 e. The zero-order valence-corrected chi connectivity index (χ0v) is 36.2. The van der Waals surface area contributed by atoms with E-state index in [1.54, 1.807) is 19.1 Å². The Labute approximate surface area is 375 Å². The summed E-state index contributed by atoms with van der Waals surface area (Å²) in [5, 5.41) is 34.1. The summed E-state index contributed by atoms with van der Waals surface area (Å²) in [6.45, 7) is 3.55. The van der Waals surface area contributed by atoms with Crippen molar-refractivity contribution in [3.8, 4) is 0 Å². The summed E-state index contributed by atoms with van der Waals surface area (Å²) in [7, 11) is 0. The number of benzene rings is 1. The van der Waals surface area contributed by atoms with E-state index in [0.717, 1.165) is 0 Å². The van der Waals surface area contributed by atoms with Crippen molar-refractivity contribution in [3.63, 3.8) is 0 Å². The molecule has 1 aromatic heterocycles. The van der Waals surface area contributed by atoms with Crippen molar-refractivity contribution < 1.29 is 61.4 Å². The van der Waals surface area contributed by atoms with Crippen molar-refractivity contribution in [2.45, 2.75) is 114 Å². The molecule has 3 rings (SSSR count). The fourth-order valence-electron chi connectivity index (χ4n) is 6.21. The summed E-state index contributed by atoms with van der Waals surface area (Å²) in [5.74, 6) is -7.18. The second kappa shape index (κ2) is 26.7. The fourth-order valence-corrected chi connectivity index (χ4v) is 6.21. The molecule has 1 aromatic carbocycles. The number of aryl methyl sites for hydroxylation is 1. The number of aliphatic carboxylic acids is 1. The number of aliphatic hydroxyl groups excluding tert-OH is 1. The van der Waals surface area contributed by atoms with Crippen LogP contribution < -0.4 is 66.2 Å². The molecular formula is C39H58F3N13O11. The molecule has 0 aliphatic carbocycles. The Hall–Kier alpha value is -7.03. The van der Waals surface area contributed by atoms with Gasteiger partial charge < -0.3 is 75.2 Å². The second-order valence-corrected chi connectivity index (χ2v) is 15.0. The molecule has 0 saturated carbocycles. The van der Waals surface area contributed by atoms with E-state index in [4.69, 9.17) is 43.0 Å². The van der Waals surface area contributed by atoms with E-state index in [1.165, 1.54) is 19.1 Å². The van der Waals surface area contributed by atoms with Crippen LogP contribution in [0.1, 0.15) is 70.3 Å². The van der Waals surface area contributed by atoms with Crippen molar-refractivity contribution >= 4 is 70.0 Å². The molecule has 366 valence electrons. The number of nitrogens with zero attached hydrogens (tertiary/aromatic N) is 2. The summed E-state index contributed by atoms with van der Waals surface area (Å²) in [6.07, 6.45) is -4.69. The number of anilines is 1. The molecule has 0 unspecified atom stereocenters. The van der Waals surface area contributed by atoms with Crippen LogP contribution in [0.4, 0.5) is 18.9 Å². The standard InChI is InChI=1S/C37H57N13O9.C2HF3O2/c1-19-17-29(53)59-27-18-21(10-11-22(19)27)45-31(54)24(8-5-15-43-36(39)40)47-32(55)23(7-3-4-14-38)49-35(58)30(20(2)51)50-34(57)25(9-6-16-44-37(41)42)48-33(56)26-12-13-28(52)46-26;3-2(4,5)1(6)7/h10-11,17-18,20,23-26,30,51H,3-9,12-16,38H2,1-2H3,(H,45,54)(H,46,52)(H,47,55)(H,48,56)(H,49,58)(H,50,57)(H4,39,40,43)(H4,41,42,44);(H,6,7)/t20-,23+,24+,25+,26+,30+;/m1./s1. The third kappa shape index (κ3) is 19.4. The Bertz CT molecular complexity index is 2140. The first kappa shape index (κ1) is 55.1. The topological polar surface area (TPSA) is 417 Å². The monoisotopic (exact) mass is 941 g/mol. The van der Waals surface area contributed by atoms with Gasteiger partial charge in [0.25, 0.3) is 0 Å². The maximum atomic E-state index is 13.9. The molecule has 27 heteroatoms. The Morgan fingerprint density at radius 2 is 1.35 bits per heavy atom. The Morgan fingerprint density at radius 1 is 0.818 bits per heavy atom. The molecule has 1 aliphatic rings. The van der Waals surface area contributed by atoms with Gasteiger partial charge in [0.1, 0.15) is 35.8 Å². The SMILES string of the molecule is Cc1cc(=O)oc2cc(NC(=O)[C@H](CCCN=C(N)N)NC(=O)[C@H](CCCCN)NC(=O)[C@@H](NC(=O)[C@H](CCCN=C(N)N)NC(=O)[C@@H]3CCC(=O)N3)[C@@H](C)O)ccc12.O=C(O)C(F)(F)F. The predicted octanol–water partition coefficient (Wildman–Crippen LogP) is -2.49. The number of aliphatic hydroxyl groups is 1. The highest BCUT2D eigenvalue weighted by Crippen LogP contribution is 2.21. The second-order valence-electron chi connectivity index (χ2n) is 15.0. The minimum atomic E-state index is -5.08. The number of halogens is 3. The third-order valence-corrected chi connectivity index (χ3v) is 9.57. The number of hydrogen-bond donors (Lipinski definition) is 13. The average Bonchev–Trinajstić information content (AvgIpc) is 3.67. The Balaban J connectivity index is 0.00000197. The Kier molecular flexibility index (Phi) is 22.3. The van der Waals surface area contributed by atoms with Gasteiger partial charge in [0.2, 0.25) is 35.4 Å². The van der Waals surface area contributed by atoms with Gasteiger partial charge in [-0.3, -0.25) is 38.8 Å². The zero-order valence-electron chi connectivity index (χ0n) is 36.2. The van der Waals surface area contributed by atoms with Crippen LogP contribution in [0.15, 0.2) is 43.5 Å². The van der Waals surface area contributed by atoms with Gasteiger partial charge in [0, 0.05) is 42.7 Å². The molecule has 1 saturated heterocycles. The number of carboxylic acids is 1. The van der Waals surface area contributed by atoms with Crippen LogP contribution >= 0.6 is 0 Å². The molecule has 0 spiro atoms. The number of guanidine groups is 2. The highest BCUT2D eigenvalue weighted by atomic mass is 19.4. The molecule has 18 N–H and O–H groups in total. The van der Waals surface area contributed by atoms with Gasteiger partial charge >= 0.3 is 17.8 Å². The zero-order chi connectivity index (χ0) is 49.7. The van der Waals surface area contributed by atoms with Crippen LogP contribution in [0.5, 0.6) is 0 Å². The van der Waals surface area contributed by atoms with Crippen LogP contribution in [0.3, 0.4) is 0 Å². The number of amides is 6. The molecule has 2 heterocycles. The van der Waals surface area contributed by atoms with Crippen LogP contribution in [0.25, 0.3) is 11.0 Å². The van der Waals surface area contributed by atoms with Gasteiger partial charge in [-0.1, -0.05) is 0 Å². The highest BCUT2D eigenvalue weighted by Gasteiger charge is 2.38. The summed E-state index contributed by atoms with van der Waals surface area (Å²) in [5.41, 5.74) is 28.0. The highest BCUT2D eigenvalue weighted by molar-refractivity contribution is 6.00. The van der Waals surface area contributed by atoms with Crippen molar-refractivity contribution in [3.05, 3.63) is 40.2 Å². The quantitative estimate of drug-likeness (QED) is 0.0237. The van der Waals surface area contributed by atoms with Crippen LogP contribution in [0, 0.1) is 6.92 Å². The molecule has 1 fully saturated rings. The summed E-state index contributed by atoms with van der Waals surface area (Å²) >= 11 is 0. The van der Waals surface area contributed by atoms with E-state index in [-0.39, 0.29) is 93.7 Å². The van der Waals surface area contributed by atoms with Crippen LogP contribution in [-0.2, 0) is 33.6 Å². The van der Waals surface area contributed by atoms with Gasteiger partial charge in [0.05, 0.1) is 6.10 Å². The lowest BCUT2D eigenvalue weighted by Gasteiger charge is -2.28. The largest absolute Gasteiger partial charge is 0.490 e. The van der Waals surface area contributed by atoms with Gasteiger partial charge in [0.15, 0.2) is 11.9 Å². The molecule has 0 radical (unpaired) electrons. The lowest BCUT2D eigenvalue weighted by atomic mass is 10.0. The minimum absolute atomic E-state index is 0.0211. The third-order valence-electron chi connectivity index (χ3n) is 9.57. The summed E-state index contributed by atoms with van der Waals surface area (Å²) in [6, 6.07) is -0.0301. The predicted molar refractivity (Wildman–Crippen MR) is 233 cm³/mol. The average molecular weight is 942 g/mol. The van der Waals surface area contributed by atoms with E-state index in [1.807, 2.05) is 0 Å². The number of carboxylic acid groups (broad SMARTS) is 1. The van der Waals surface area contributed by atoms with Crippen LogP contribution in [0.2, 0.25) is 0 Å². The molecule has 6 atom stereocenters.